The van der Waals surface area contributed by atoms with Crippen LogP contribution in [0.15, 0.2) is 36.4 Å². The third-order valence-corrected chi connectivity index (χ3v) is 9.84. The molecule has 7 N–H and O–H groups in total. The number of rotatable bonds is 7. The van der Waals surface area contributed by atoms with Gasteiger partial charge in [0.25, 0.3) is 5.91 Å². The molecule has 1 amide bonds. The SMILES string of the molecule is NC(=O)c1ccc2c(c1O)[C@]13CCN(CC4CC4)[C@H](C2)[C@]1(O)CCC(=O)C3.NCC(CC(=O)O)c1ccc(Cl)cc1. The first-order valence-corrected chi connectivity index (χ1v) is 14.7. The van der Waals surface area contributed by atoms with Crippen molar-refractivity contribution < 1.29 is 29.7 Å². The molecule has 3 aliphatic carbocycles. The largest absolute Gasteiger partial charge is 0.507 e. The van der Waals surface area contributed by atoms with E-state index in [0.717, 1.165) is 30.1 Å². The number of amides is 1. The highest BCUT2D eigenvalue weighted by Gasteiger charge is 2.65. The van der Waals surface area contributed by atoms with Crippen LogP contribution in [0.1, 0.15) is 77.9 Å². The second-order valence-electron chi connectivity index (χ2n) is 12.1. The number of carboxylic acid groups (broad SMARTS) is 1. The summed E-state index contributed by atoms with van der Waals surface area (Å²) in [6, 6.07) is 10.5. The number of aliphatic carboxylic acids is 1. The summed E-state index contributed by atoms with van der Waals surface area (Å²) in [5.74, 6) is -0.961. The van der Waals surface area contributed by atoms with Crippen LogP contribution < -0.4 is 11.5 Å². The summed E-state index contributed by atoms with van der Waals surface area (Å²) in [6.45, 7) is 2.13. The summed E-state index contributed by atoms with van der Waals surface area (Å²) in [7, 11) is 0. The molecule has 2 saturated carbocycles. The second-order valence-corrected chi connectivity index (χ2v) is 12.5. The molecule has 9 nitrogen and oxygen atoms in total. The lowest BCUT2D eigenvalue weighted by atomic mass is 9.49. The van der Waals surface area contributed by atoms with E-state index < -0.39 is 22.9 Å². The smallest absolute Gasteiger partial charge is 0.304 e. The van der Waals surface area contributed by atoms with Crippen LogP contribution in [0.3, 0.4) is 0 Å². The van der Waals surface area contributed by atoms with E-state index in [2.05, 4.69) is 4.90 Å². The van der Waals surface area contributed by atoms with Crippen LogP contribution >= 0.6 is 11.6 Å². The number of benzene rings is 2. The molecule has 2 aromatic carbocycles. The summed E-state index contributed by atoms with van der Waals surface area (Å²) in [5, 5.41) is 32.2. The Morgan fingerprint density at radius 2 is 1.83 bits per heavy atom. The molecule has 10 heteroatoms. The average molecular weight is 584 g/mol. The highest BCUT2D eigenvalue weighted by Crippen LogP contribution is 2.60. The number of aliphatic hydroxyl groups is 1. The molecule has 220 valence electrons. The topological polar surface area (TPSA) is 167 Å². The van der Waals surface area contributed by atoms with Crippen molar-refractivity contribution in [3.05, 3.63) is 63.7 Å². The number of aromatic hydroxyl groups is 1. The maximum absolute atomic E-state index is 12.5. The zero-order chi connectivity index (χ0) is 29.5. The van der Waals surface area contributed by atoms with Gasteiger partial charge in [-0.3, -0.25) is 19.3 Å². The lowest BCUT2D eigenvalue weighted by Crippen LogP contribution is -2.73. The molecule has 1 saturated heterocycles. The average Bonchev–Trinajstić information content (AvgIpc) is 3.74. The van der Waals surface area contributed by atoms with Gasteiger partial charge in [-0.25, -0.2) is 0 Å². The first-order chi connectivity index (χ1) is 19.5. The van der Waals surface area contributed by atoms with Gasteiger partial charge in [0.2, 0.25) is 0 Å². The minimum atomic E-state index is -1.06. The number of carbonyl (C=O) groups is 3. The molecule has 6 rings (SSSR count). The standard InChI is InChI=1S/C21H26N2O4.C10H12ClNO2/c22-19(26)15-4-3-13-9-16-21(27)6-5-14(24)10-20(21,17(13)18(15)25)7-8-23(16)11-12-1-2-12;11-9-3-1-7(2-4-9)8(6-12)5-10(13)14/h3-4,12,16,25,27H,1-2,5-11H2,(H2,22,26);1-4,8H,5-6,12H2,(H,13,14)/t16-,20-,21-;/m1./s1. The van der Waals surface area contributed by atoms with Gasteiger partial charge in [-0.1, -0.05) is 29.8 Å². The first kappa shape index (κ1) is 29.5. The van der Waals surface area contributed by atoms with Crippen molar-refractivity contribution in [3.63, 3.8) is 0 Å². The molecule has 0 spiro atoms. The minimum absolute atomic E-state index is 0.0497. The van der Waals surface area contributed by atoms with E-state index >= 15 is 0 Å². The van der Waals surface area contributed by atoms with Gasteiger partial charge < -0.3 is 26.8 Å². The Labute approximate surface area is 244 Å². The number of carbonyl (C=O) groups excluding carboxylic acids is 2. The van der Waals surface area contributed by atoms with Crippen molar-refractivity contribution >= 4 is 29.3 Å². The van der Waals surface area contributed by atoms with Crippen molar-refractivity contribution in [2.24, 2.45) is 17.4 Å². The van der Waals surface area contributed by atoms with Gasteiger partial charge in [0.1, 0.15) is 11.5 Å². The Balaban J connectivity index is 0.000000205. The number of likely N-dealkylation sites (tertiary alicyclic amines) is 1. The number of ketones is 1. The Kier molecular flexibility index (Phi) is 8.18. The molecule has 4 atom stereocenters. The van der Waals surface area contributed by atoms with Crippen molar-refractivity contribution in [2.75, 3.05) is 19.6 Å². The van der Waals surface area contributed by atoms with Crippen LogP contribution in [0.25, 0.3) is 0 Å². The summed E-state index contributed by atoms with van der Waals surface area (Å²) in [6.07, 6.45) is 4.81. The van der Waals surface area contributed by atoms with Crippen LogP contribution in [0, 0.1) is 5.92 Å². The minimum Gasteiger partial charge on any atom is -0.507 e. The van der Waals surface area contributed by atoms with Crippen LogP contribution in [-0.4, -0.2) is 69.2 Å². The molecule has 41 heavy (non-hydrogen) atoms. The highest BCUT2D eigenvalue weighted by atomic mass is 35.5. The highest BCUT2D eigenvalue weighted by molar-refractivity contribution is 6.30. The summed E-state index contributed by atoms with van der Waals surface area (Å²) >= 11 is 5.72. The lowest BCUT2D eigenvalue weighted by molar-refractivity contribution is -0.173. The molecule has 1 aliphatic heterocycles. The van der Waals surface area contributed by atoms with Gasteiger partial charge in [-0.2, -0.15) is 0 Å². The molecule has 1 heterocycles. The fraction of sp³-hybridized carbons (Fsp3) is 0.516. The molecule has 0 aromatic heterocycles. The lowest BCUT2D eigenvalue weighted by Gasteiger charge is -2.63. The number of hydrogen-bond donors (Lipinski definition) is 5. The first-order valence-electron chi connectivity index (χ1n) is 14.3. The van der Waals surface area contributed by atoms with Gasteiger partial charge in [-0.05, 0) is 80.4 Å². The molecular formula is C31H38ClN3O6. The molecule has 2 bridgehead atoms. The molecule has 0 radical (unpaired) electrons. The van der Waals surface area contributed by atoms with Crippen molar-refractivity contribution in [2.45, 2.75) is 74.3 Å². The van der Waals surface area contributed by atoms with E-state index in [-0.39, 0.29) is 41.9 Å². The summed E-state index contributed by atoms with van der Waals surface area (Å²) < 4.78 is 0. The number of piperidine rings is 1. The molecular weight excluding hydrogens is 546 g/mol. The van der Waals surface area contributed by atoms with E-state index in [0.29, 0.717) is 42.8 Å². The van der Waals surface area contributed by atoms with E-state index in [1.165, 1.54) is 12.8 Å². The van der Waals surface area contributed by atoms with Gasteiger partial charge in [0.05, 0.1) is 17.6 Å². The third kappa shape index (κ3) is 5.48. The normalized spacial score (nSPS) is 27.6. The quantitative estimate of drug-likeness (QED) is 0.331. The van der Waals surface area contributed by atoms with Crippen LogP contribution in [0.5, 0.6) is 5.75 Å². The number of phenols is 1. The van der Waals surface area contributed by atoms with Crippen LogP contribution in [-0.2, 0) is 21.4 Å². The van der Waals surface area contributed by atoms with Gasteiger partial charge in [-0.15, -0.1) is 0 Å². The van der Waals surface area contributed by atoms with Gasteiger partial charge >= 0.3 is 5.97 Å². The molecule has 4 aliphatic rings. The maximum Gasteiger partial charge on any atom is 0.304 e. The fourth-order valence-electron chi connectivity index (χ4n) is 7.34. The number of fused-ring (bicyclic) bond motifs is 1. The Morgan fingerprint density at radius 3 is 2.44 bits per heavy atom. The predicted octanol–water partition coefficient (Wildman–Crippen LogP) is 3.11. The van der Waals surface area contributed by atoms with Crippen molar-refractivity contribution in [1.29, 1.82) is 0 Å². The number of hydrogen-bond acceptors (Lipinski definition) is 7. The third-order valence-electron chi connectivity index (χ3n) is 9.59. The van der Waals surface area contributed by atoms with Crippen LogP contribution in [0.2, 0.25) is 5.02 Å². The van der Waals surface area contributed by atoms with Gasteiger partial charge in [0, 0.05) is 47.3 Å². The number of nitrogens with two attached hydrogens (primary N) is 2. The maximum atomic E-state index is 12.5. The zero-order valence-electron chi connectivity index (χ0n) is 23.0. The molecule has 2 aromatic rings. The predicted molar refractivity (Wildman–Crippen MR) is 154 cm³/mol. The van der Waals surface area contributed by atoms with E-state index in [4.69, 9.17) is 28.2 Å². The number of halogens is 1. The molecule has 3 fully saturated rings. The monoisotopic (exact) mass is 583 g/mol. The molecule has 1 unspecified atom stereocenters. The van der Waals surface area contributed by atoms with Gasteiger partial charge in [0.15, 0.2) is 0 Å². The Morgan fingerprint density at radius 1 is 1.12 bits per heavy atom. The number of nitrogens with zero attached hydrogens (tertiary/aromatic N) is 1. The van der Waals surface area contributed by atoms with E-state index in [1.807, 2.05) is 18.2 Å². The second kappa shape index (κ2) is 11.4. The summed E-state index contributed by atoms with van der Waals surface area (Å²) in [5.41, 5.74) is 11.6. The van der Waals surface area contributed by atoms with Crippen molar-refractivity contribution in [3.8, 4) is 5.75 Å². The Bertz CT molecular complexity index is 1350. The van der Waals surface area contributed by atoms with E-state index in [9.17, 15) is 24.6 Å². The fourth-order valence-corrected chi connectivity index (χ4v) is 7.46. The number of primary amides is 1. The van der Waals surface area contributed by atoms with Crippen molar-refractivity contribution in [1.82, 2.24) is 4.90 Å². The number of carboxylic acids is 1. The zero-order valence-corrected chi connectivity index (χ0v) is 23.8. The summed E-state index contributed by atoms with van der Waals surface area (Å²) in [4.78, 5) is 37.2. The Hall–Kier alpha value is -2.98. The number of Topliss-reactive ketones (excluding diaryl/α,β-unsaturated/α-hetero) is 1. The van der Waals surface area contributed by atoms with Crippen LogP contribution in [0.4, 0.5) is 0 Å². The van der Waals surface area contributed by atoms with E-state index in [1.54, 1.807) is 18.2 Å².